The third kappa shape index (κ3) is 3.30. The van der Waals surface area contributed by atoms with Gasteiger partial charge in [0, 0.05) is 0 Å². The van der Waals surface area contributed by atoms with Crippen LogP contribution in [0.4, 0.5) is 8.78 Å². The van der Waals surface area contributed by atoms with Gasteiger partial charge in [-0.1, -0.05) is 38.3 Å². The molecule has 0 nitrogen and oxygen atoms in total. The monoisotopic (exact) mass is 292 g/mol. The topological polar surface area (TPSA) is 0 Å². The smallest absolute Gasteiger partial charge is 0.162 e. The zero-order valence-electron chi connectivity index (χ0n) is 13.0. The molecule has 0 aromatic heterocycles. The maximum atomic E-state index is 13.9. The average Bonchev–Trinajstić information content (AvgIpc) is 2.75. The molecule has 4 unspecified atom stereocenters. The van der Waals surface area contributed by atoms with Gasteiger partial charge in [-0.05, 0) is 67.4 Å². The summed E-state index contributed by atoms with van der Waals surface area (Å²) < 4.78 is 27.3. The van der Waals surface area contributed by atoms with Gasteiger partial charge < -0.3 is 0 Å². The fourth-order valence-corrected chi connectivity index (χ4v) is 4.83. The van der Waals surface area contributed by atoms with Crippen LogP contribution in [-0.2, 0) is 6.42 Å². The maximum Gasteiger partial charge on any atom is 0.162 e. The highest BCUT2D eigenvalue weighted by Crippen LogP contribution is 2.47. The van der Waals surface area contributed by atoms with Crippen LogP contribution in [0.15, 0.2) is 18.2 Å². The molecule has 3 aliphatic carbocycles. The predicted molar refractivity (Wildman–Crippen MR) is 82.0 cm³/mol. The van der Waals surface area contributed by atoms with Crippen molar-refractivity contribution in [3.8, 4) is 0 Å². The molecule has 3 saturated carbocycles. The van der Waals surface area contributed by atoms with Crippen molar-refractivity contribution >= 4 is 0 Å². The van der Waals surface area contributed by atoms with E-state index in [1.54, 1.807) is 12.1 Å². The van der Waals surface area contributed by atoms with E-state index in [0.717, 1.165) is 24.2 Å². The summed E-state index contributed by atoms with van der Waals surface area (Å²) in [7, 11) is 0. The maximum absolute atomic E-state index is 13.9. The van der Waals surface area contributed by atoms with E-state index >= 15 is 0 Å². The molecule has 4 atom stereocenters. The lowest BCUT2D eigenvalue weighted by atomic mass is 9.73. The lowest BCUT2D eigenvalue weighted by Crippen LogP contribution is -2.24. The Morgan fingerprint density at radius 3 is 2.76 bits per heavy atom. The first-order chi connectivity index (χ1) is 10.2. The molecule has 2 heteroatoms. The third-order valence-electron chi connectivity index (χ3n) is 5.76. The second-order valence-corrected chi connectivity index (χ2v) is 7.24. The molecular weight excluding hydrogens is 266 g/mol. The van der Waals surface area contributed by atoms with Crippen LogP contribution in [0.5, 0.6) is 0 Å². The lowest BCUT2D eigenvalue weighted by Gasteiger charge is -2.32. The van der Waals surface area contributed by atoms with Crippen LogP contribution in [0.3, 0.4) is 0 Å². The summed E-state index contributed by atoms with van der Waals surface area (Å²) in [6.45, 7) is 2.27. The first-order valence-electron chi connectivity index (χ1n) is 8.60. The fourth-order valence-electron chi connectivity index (χ4n) is 4.83. The molecule has 0 amide bonds. The Bertz CT molecular complexity index is 482. The zero-order valence-corrected chi connectivity index (χ0v) is 13.0. The number of fused-ring (bicyclic) bond motifs is 4. The summed E-state index contributed by atoms with van der Waals surface area (Å²) in [6, 6.07) is 4.62. The molecule has 0 spiro atoms. The SMILES string of the molecule is CCCC1CC2CCC(C1)C(Cc1cccc(F)c1F)C2. The fraction of sp³-hybridized carbons (Fsp3) is 0.684. The number of benzene rings is 1. The second kappa shape index (κ2) is 6.46. The van der Waals surface area contributed by atoms with Crippen molar-refractivity contribution < 1.29 is 8.78 Å². The Morgan fingerprint density at radius 2 is 1.95 bits per heavy atom. The number of hydrogen-bond acceptors (Lipinski definition) is 0. The molecule has 0 radical (unpaired) electrons. The molecule has 1 aromatic carbocycles. The van der Waals surface area contributed by atoms with Crippen molar-refractivity contribution in [1.29, 1.82) is 0 Å². The molecule has 3 aliphatic rings. The Hall–Kier alpha value is -0.920. The molecule has 116 valence electrons. The Kier molecular flexibility index (Phi) is 4.61. The van der Waals surface area contributed by atoms with Crippen LogP contribution in [0.2, 0.25) is 0 Å². The van der Waals surface area contributed by atoms with E-state index in [1.165, 1.54) is 51.0 Å². The van der Waals surface area contributed by atoms with Crippen molar-refractivity contribution in [2.75, 3.05) is 0 Å². The van der Waals surface area contributed by atoms with Crippen molar-refractivity contribution in [2.24, 2.45) is 23.7 Å². The van der Waals surface area contributed by atoms with Crippen LogP contribution in [0.1, 0.15) is 57.4 Å². The summed E-state index contributed by atoms with van der Waals surface area (Å²) >= 11 is 0. The Labute approximate surface area is 126 Å². The van der Waals surface area contributed by atoms with Crippen LogP contribution >= 0.6 is 0 Å². The normalized spacial score (nSPS) is 32.1. The summed E-state index contributed by atoms with van der Waals surface area (Å²) in [5.74, 6) is 1.65. The average molecular weight is 292 g/mol. The summed E-state index contributed by atoms with van der Waals surface area (Å²) in [4.78, 5) is 0. The van der Waals surface area contributed by atoms with E-state index in [2.05, 4.69) is 6.92 Å². The van der Waals surface area contributed by atoms with E-state index in [0.29, 0.717) is 11.5 Å². The second-order valence-electron chi connectivity index (χ2n) is 7.24. The highest BCUT2D eigenvalue weighted by Gasteiger charge is 2.37. The molecule has 4 rings (SSSR count). The highest BCUT2D eigenvalue weighted by atomic mass is 19.2. The lowest BCUT2D eigenvalue weighted by molar-refractivity contribution is 0.199. The Balaban J connectivity index is 1.73. The molecule has 0 heterocycles. The van der Waals surface area contributed by atoms with E-state index in [1.807, 2.05) is 0 Å². The van der Waals surface area contributed by atoms with Gasteiger partial charge in [-0.15, -0.1) is 0 Å². The highest BCUT2D eigenvalue weighted by molar-refractivity contribution is 5.20. The van der Waals surface area contributed by atoms with Gasteiger partial charge in [0.2, 0.25) is 0 Å². The van der Waals surface area contributed by atoms with E-state index in [4.69, 9.17) is 0 Å². The summed E-state index contributed by atoms with van der Waals surface area (Å²) in [6.07, 6.45) is 9.89. The van der Waals surface area contributed by atoms with Crippen molar-refractivity contribution in [2.45, 2.75) is 58.3 Å². The van der Waals surface area contributed by atoms with Gasteiger partial charge in [-0.2, -0.15) is 0 Å². The van der Waals surface area contributed by atoms with E-state index in [9.17, 15) is 8.78 Å². The van der Waals surface area contributed by atoms with Gasteiger partial charge in [-0.3, -0.25) is 0 Å². The molecule has 0 N–H and O–H groups in total. The van der Waals surface area contributed by atoms with Crippen LogP contribution < -0.4 is 0 Å². The van der Waals surface area contributed by atoms with Gasteiger partial charge in [0.05, 0.1) is 0 Å². The summed E-state index contributed by atoms with van der Waals surface area (Å²) in [5, 5.41) is 0. The van der Waals surface area contributed by atoms with E-state index < -0.39 is 11.6 Å². The van der Waals surface area contributed by atoms with Gasteiger partial charge in [0.15, 0.2) is 11.6 Å². The summed E-state index contributed by atoms with van der Waals surface area (Å²) in [5.41, 5.74) is 0.583. The van der Waals surface area contributed by atoms with E-state index in [-0.39, 0.29) is 0 Å². The number of halogens is 2. The minimum absolute atomic E-state index is 0.557. The molecule has 21 heavy (non-hydrogen) atoms. The van der Waals surface area contributed by atoms with Crippen LogP contribution in [0, 0.1) is 35.3 Å². The number of hydrogen-bond donors (Lipinski definition) is 0. The van der Waals surface area contributed by atoms with Crippen LogP contribution in [-0.4, -0.2) is 0 Å². The molecule has 2 bridgehead atoms. The van der Waals surface area contributed by atoms with Gasteiger partial charge in [-0.25, -0.2) is 8.78 Å². The van der Waals surface area contributed by atoms with Crippen molar-refractivity contribution in [1.82, 2.24) is 0 Å². The predicted octanol–water partition coefficient (Wildman–Crippen LogP) is 5.75. The minimum Gasteiger partial charge on any atom is -0.204 e. The Morgan fingerprint density at radius 1 is 1.10 bits per heavy atom. The minimum atomic E-state index is -0.699. The van der Waals surface area contributed by atoms with Gasteiger partial charge in [0.1, 0.15) is 0 Å². The number of rotatable bonds is 4. The van der Waals surface area contributed by atoms with Gasteiger partial charge >= 0.3 is 0 Å². The molecule has 1 aromatic rings. The van der Waals surface area contributed by atoms with Crippen molar-refractivity contribution in [3.63, 3.8) is 0 Å². The quantitative estimate of drug-likeness (QED) is 0.663. The molecule has 3 fully saturated rings. The molecular formula is C19H26F2. The molecule has 0 saturated heterocycles. The first-order valence-corrected chi connectivity index (χ1v) is 8.60. The van der Waals surface area contributed by atoms with Crippen LogP contribution in [0.25, 0.3) is 0 Å². The van der Waals surface area contributed by atoms with Gasteiger partial charge in [0.25, 0.3) is 0 Å². The third-order valence-corrected chi connectivity index (χ3v) is 5.76. The standard InChI is InChI=1S/C19H26F2/c1-2-4-13-9-14-7-8-15(10-13)17(11-14)12-16-5-3-6-18(20)19(16)21/h3,5-6,13-15,17H,2,4,7-12H2,1H3. The largest absolute Gasteiger partial charge is 0.204 e. The zero-order chi connectivity index (χ0) is 14.8. The molecule has 0 aliphatic heterocycles. The van der Waals surface area contributed by atoms with Crippen molar-refractivity contribution in [3.05, 3.63) is 35.4 Å². The first kappa shape index (κ1) is 15.0.